The Morgan fingerprint density at radius 1 is 1.20 bits per heavy atom. The molecule has 1 N–H and O–H groups in total. The minimum atomic E-state index is -1.21. The van der Waals surface area contributed by atoms with Gasteiger partial charge >= 0.3 is 11.9 Å². The number of rotatable bonds is 8. The number of β-lactam (4-membered cyclic amide) rings is 1. The van der Waals surface area contributed by atoms with Crippen LogP contribution >= 0.6 is 23.1 Å². The normalized spacial score (nSPS) is 22.0. The number of aliphatic hydroxyl groups excluding tert-OH is 1. The van der Waals surface area contributed by atoms with E-state index in [2.05, 4.69) is 18.8 Å². The largest absolute Gasteiger partial charge is 0.446 e. The third kappa shape index (κ3) is 4.63. The summed E-state index contributed by atoms with van der Waals surface area (Å²) in [5.74, 6) is -2.01. The van der Waals surface area contributed by atoms with Crippen LogP contribution in [0.4, 0.5) is 0 Å². The Morgan fingerprint density at radius 2 is 1.93 bits per heavy atom. The van der Waals surface area contributed by atoms with Crippen LogP contribution in [0.15, 0.2) is 41.4 Å². The fourth-order valence-corrected chi connectivity index (χ4v) is 7.39. The second-order valence-electron chi connectivity index (χ2n) is 10.7. The fourth-order valence-electron chi connectivity index (χ4n) is 5.47. The molecule has 1 unspecified atom stereocenters. The van der Waals surface area contributed by atoms with E-state index in [-0.39, 0.29) is 29.5 Å². The number of ether oxygens (including phenoxy) is 2. The van der Waals surface area contributed by atoms with Crippen molar-refractivity contribution in [3.05, 3.63) is 52.4 Å². The number of carbonyl (C=O) groups is 3. The lowest BCUT2D eigenvalue weighted by Crippen LogP contribution is -2.63. The van der Waals surface area contributed by atoms with Crippen LogP contribution in [0.2, 0.25) is 0 Å². The summed E-state index contributed by atoms with van der Waals surface area (Å²) < 4.78 is 13.2. The molecule has 3 aromatic rings. The average molecular weight is 584 g/mol. The number of aromatic nitrogens is 2. The first-order chi connectivity index (χ1) is 18.9. The summed E-state index contributed by atoms with van der Waals surface area (Å²) in [5, 5.41) is 11.2. The predicted molar refractivity (Wildman–Crippen MR) is 153 cm³/mol. The van der Waals surface area contributed by atoms with Crippen LogP contribution in [0.3, 0.4) is 0 Å². The molecule has 1 aromatic carbocycles. The summed E-state index contributed by atoms with van der Waals surface area (Å²) in [6.45, 7) is 10.9. The number of nitrogens with zero attached hydrogens (tertiary/aromatic N) is 3. The molecule has 0 bridgehead atoms. The van der Waals surface area contributed by atoms with Gasteiger partial charge in [0, 0.05) is 17.7 Å². The molecule has 2 aliphatic rings. The summed E-state index contributed by atoms with van der Waals surface area (Å²) in [6, 6.07) is 5.32. The molecular weight excluding hydrogens is 550 g/mol. The molecule has 0 aliphatic carbocycles. The van der Waals surface area contributed by atoms with Crippen LogP contribution < -0.4 is 4.74 Å². The summed E-state index contributed by atoms with van der Waals surface area (Å²) in [6.07, 6.45) is 3.47. The van der Waals surface area contributed by atoms with Gasteiger partial charge in [0.2, 0.25) is 5.91 Å². The number of carbonyl (C=O) groups excluding carboxylic acids is 3. The van der Waals surface area contributed by atoms with Gasteiger partial charge in [-0.05, 0) is 50.1 Å². The third-order valence-electron chi connectivity index (χ3n) is 7.71. The first-order valence-corrected chi connectivity index (χ1v) is 15.3. The molecule has 0 saturated carbocycles. The number of aliphatic hydroxyl groups is 1. The minimum Gasteiger partial charge on any atom is -0.446 e. The highest BCUT2D eigenvalue weighted by molar-refractivity contribution is 7.98. The molecule has 5 rings (SSSR count). The molecule has 4 heterocycles. The molecule has 2 aliphatic heterocycles. The van der Waals surface area contributed by atoms with Gasteiger partial charge in [-0.2, -0.15) is 0 Å². The first-order valence-electron chi connectivity index (χ1n) is 13.2. The van der Waals surface area contributed by atoms with Gasteiger partial charge in [0.15, 0.2) is 6.10 Å². The van der Waals surface area contributed by atoms with Gasteiger partial charge in [-0.15, -0.1) is 23.1 Å². The molecular formula is C29H33N3O6S2. The van der Waals surface area contributed by atoms with Gasteiger partial charge in [-0.1, -0.05) is 32.9 Å². The monoisotopic (exact) mass is 583 g/mol. The van der Waals surface area contributed by atoms with E-state index in [1.54, 1.807) is 13.3 Å². The molecule has 212 valence electrons. The Labute approximate surface area is 241 Å². The summed E-state index contributed by atoms with van der Waals surface area (Å²) in [4.78, 5) is 47.4. The molecule has 2 aromatic heterocycles. The maximum Gasteiger partial charge on any atom is 0.356 e. The van der Waals surface area contributed by atoms with Crippen LogP contribution in [-0.2, 0) is 19.1 Å². The maximum atomic E-state index is 13.7. The van der Waals surface area contributed by atoms with E-state index in [0.717, 1.165) is 25.9 Å². The van der Waals surface area contributed by atoms with E-state index in [0.29, 0.717) is 11.3 Å². The quantitative estimate of drug-likeness (QED) is 0.177. The van der Waals surface area contributed by atoms with E-state index < -0.39 is 30.1 Å². The van der Waals surface area contributed by atoms with Gasteiger partial charge in [0.25, 0.3) is 0 Å². The number of fused-ring (bicyclic) bond motifs is 2. The zero-order valence-corrected chi connectivity index (χ0v) is 25.1. The zero-order valence-electron chi connectivity index (χ0n) is 23.5. The van der Waals surface area contributed by atoms with Gasteiger partial charge in [0.1, 0.15) is 27.6 Å². The summed E-state index contributed by atoms with van der Waals surface area (Å²) in [5.41, 5.74) is 2.58. The van der Waals surface area contributed by atoms with E-state index in [9.17, 15) is 19.5 Å². The number of aryl methyl sites for hydroxylation is 1. The highest BCUT2D eigenvalue weighted by Crippen LogP contribution is 2.52. The Bertz CT molecular complexity index is 1540. The van der Waals surface area contributed by atoms with E-state index in [4.69, 9.17) is 9.47 Å². The third-order valence-corrected chi connectivity index (χ3v) is 9.67. The minimum absolute atomic E-state index is 0.111. The van der Waals surface area contributed by atoms with Gasteiger partial charge < -0.3 is 19.5 Å². The van der Waals surface area contributed by atoms with Crippen LogP contribution in [0.25, 0.3) is 10.4 Å². The molecule has 40 heavy (non-hydrogen) atoms. The molecule has 0 spiro atoms. The molecule has 1 amide bonds. The van der Waals surface area contributed by atoms with Crippen LogP contribution in [0.1, 0.15) is 56.5 Å². The van der Waals surface area contributed by atoms with Crippen molar-refractivity contribution < 1.29 is 29.0 Å². The van der Waals surface area contributed by atoms with Gasteiger partial charge in [-0.3, -0.25) is 9.20 Å². The van der Waals surface area contributed by atoms with Crippen molar-refractivity contribution in [3.8, 4) is 5.75 Å². The number of imidazole rings is 1. The summed E-state index contributed by atoms with van der Waals surface area (Å²) >= 11 is 3.00. The lowest BCUT2D eigenvalue weighted by atomic mass is 9.77. The Kier molecular flexibility index (Phi) is 7.58. The lowest BCUT2D eigenvalue weighted by molar-refractivity contribution is -0.167. The average Bonchev–Trinajstić information content (AvgIpc) is 3.54. The van der Waals surface area contributed by atoms with Crippen molar-refractivity contribution in [2.75, 3.05) is 6.26 Å². The van der Waals surface area contributed by atoms with Crippen molar-refractivity contribution >= 4 is 51.3 Å². The molecule has 11 heteroatoms. The van der Waals surface area contributed by atoms with Crippen LogP contribution in [0, 0.1) is 18.8 Å². The molecule has 0 radical (unpaired) electrons. The number of thioether (sulfide) groups is 1. The number of benzene rings is 1. The lowest BCUT2D eigenvalue weighted by Gasteiger charge is -2.46. The number of hydrogen-bond donors (Lipinski definition) is 1. The molecule has 1 fully saturated rings. The number of esters is 2. The highest BCUT2D eigenvalue weighted by atomic mass is 32.2. The van der Waals surface area contributed by atoms with Crippen LogP contribution in [-0.4, -0.2) is 61.7 Å². The SMILES string of the molecule is CSc1ncn2cc(C3=C(C(=O)OC(C)C(=O)Oc4cc(C(C)C)ccc4C)N4C(=O)[C@H]([C@@H](C)O)[C@H]4[C@H]3C)sc12. The topological polar surface area (TPSA) is 110 Å². The highest BCUT2D eigenvalue weighted by Gasteiger charge is 2.60. The van der Waals surface area contributed by atoms with Crippen LogP contribution in [0.5, 0.6) is 5.75 Å². The Hall–Kier alpha value is -3.15. The zero-order chi connectivity index (χ0) is 29.0. The Balaban J connectivity index is 1.45. The van der Waals surface area contributed by atoms with E-state index in [1.165, 1.54) is 34.9 Å². The molecule has 5 atom stereocenters. The second-order valence-corrected chi connectivity index (χ2v) is 12.6. The van der Waals surface area contributed by atoms with E-state index in [1.807, 2.05) is 48.9 Å². The Morgan fingerprint density at radius 3 is 2.58 bits per heavy atom. The second kappa shape index (κ2) is 10.7. The van der Waals surface area contributed by atoms with Crippen molar-refractivity contribution in [2.45, 2.75) is 70.7 Å². The molecule has 1 saturated heterocycles. The van der Waals surface area contributed by atoms with Crippen molar-refractivity contribution in [2.24, 2.45) is 11.8 Å². The number of amides is 1. The number of hydrogen-bond acceptors (Lipinski definition) is 9. The van der Waals surface area contributed by atoms with Crippen molar-refractivity contribution in [3.63, 3.8) is 0 Å². The fraction of sp³-hybridized carbons (Fsp3) is 0.448. The standard InChI is InChI=1S/C29H33N3O6S2/c1-13(2)18-9-8-14(3)19(10-18)38-28(35)17(6)37-29(36)24-21(15(4)23-22(16(5)33)26(34)32(23)24)20-11-31-12-30-25(39-7)27(31)40-20/h8-13,15-17,22-23,33H,1-7H3/t15-,16+,17?,22+,23+/m0/s1. The predicted octanol–water partition coefficient (Wildman–Crippen LogP) is 4.66. The van der Waals surface area contributed by atoms with Crippen molar-refractivity contribution in [1.82, 2.24) is 14.3 Å². The first kappa shape index (κ1) is 28.4. The van der Waals surface area contributed by atoms with Gasteiger partial charge in [0.05, 0.1) is 22.9 Å². The van der Waals surface area contributed by atoms with Gasteiger partial charge in [-0.25, -0.2) is 14.6 Å². The molecule has 9 nitrogen and oxygen atoms in total. The maximum absolute atomic E-state index is 13.7. The van der Waals surface area contributed by atoms with Crippen molar-refractivity contribution in [1.29, 1.82) is 0 Å². The summed E-state index contributed by atoms with van der Waals surface area (Å²) in [7, 11) is 0. The van der Waals surface area contributed by atoms with E-state index >= 15 is 0 Å². The smallest absolute Gasteiger partial charge is 0.356 e. The number of thiazole rings is 1.